The van der Waals surface area contributed by atoms with E-state index in [1.807, 2.05) is 49.4 Å². The number of hydrogen-bond donors (Lipinski definition) is 2. The maximum Gasteiger partial charge on any atom is 0.255 e. The summed E-state index contributed by atoms with van der Waals surface area (Å²) < 4.78 is 10.6. The predicted octanol–water partition coefficient (Wildman–Crippen LogP) is 4.77. The first-order chi connectivity index (χ1) is 15.6. The molecule has 166 valence electrons. The molecule has 6 heteroatoms. The minimum atomic E-state index is -0.262. The molecule has 0 saturated carbocycles. The van der Waals surface area contributed by atoms with Crippen molar-refractivity contribution in [1.82, 2.24) is 5.32 Å². The van der Waals surface area contributed by atoms with E-state index in [0.717, 1.165) is 17.5 Å². The van der Waals surface area contributed by atoms with Crippen molar-refractivity contribution in [2.24, 2.45) is 0 Å². The van der Waals surface area contributed by atoms with Gasteiger partial charge in [-0.3, -0.25) is 9.59 Å². The topological polar surface area (TPSA) is 76.7 Å². The van der Waals surface area contributed by atoms with Crippen LogP contribution < -0.4 is 15.4 Å². The summed E-state index contributed by atoms with van der Waals surface area (Å²) in [6.45, 7) is 3.67. The van der Waals surface area contributed by atoms with Crippen LogP contribution in [0.2, 0.25) is 0 Å². The van der Waals surface area contributed by atoms with Crippen LogP contribution >= 0.6 is 0 Å². The number of methoxy groups -OCH3 is 1. The molecule has 3 rings (SSSR count). The average molecular weight is 433 g/mol. The lowest BCUT2D eigenvalue weighted by atomic mass is 10.0. The molecule has 3 aromatic rings. The lowest BCUT2D eigenvalue weighted by Crippen LogP contribution is -2.26. The van der Waals surface area contributed by atoms with Crippen molar-refractivity contribution in [2.75, 3.05) is 32.2 Å². The third kappa shape index (κ3) is 6.18. The van der Waals surface area contributed by atoms with Gasteiger partial charge >= 0.3 is 0 Å². The van der Waals surface area contributed by atoms with Gasteiger partial charge < -0.3 is 20.1 Å². The van der Waals surface area contributed by atoms with Gasteiger partial charge in [0.1, 0.15) is 5.75 Å². The predicted molar refractivity (Wildman–Crippen MR) is 126 cm³/mol. The summed E-state index contributed by atoms with van der Waals surface area (Å²) in [5.41, 5.74) is 3.53. The van der Waals surface area contributed by atoms with Crippen LogP contribution in [0.4, 0.5) is 5.69 Å². The van der Waals surface area contributed by atoms with Gasteiger partial charge in [0, 0.05) is 31.0 Å². The Balaban J connectivity index is 1.67. The Labute approximate surface area is 188 Å². The first-order valence-corrected chi connectivity index (χ1v) is 10.6. The van der Waals surface area contributed by atoms with Gasteiger partial charge in [0.2, 0.25) is 0 Å². The van der Waals surface area contributed by atoms with Crippen molar-refractivity contribution >= 4 is 17.5 Å². The van der Waals surface area contributed by atoms with E-state index in [4.69, 9.17) is 9.47 Å². The normalized spacial score (nSPS) is 10.4. The standard InChI is InChI=1S/C26H28N2O4/c1-3-32-17-7-16-27-26(30)23-18-22(14-15-24(23)31-2)28-25(29)21-12-10-20(11-13-21)19-8-5-4-6-9-19/h4-6,8-15,18H,3,7,16-17H2,1-2H3,(H,27,30)(H,28,29). The van der Waals surface area contributed by atoms with Crippen molar-refractivity contribution in [2.45, 2.75) is 13.3 Å². The Morgan fingerprint density at radius 2 is 1.59 bits per heavy atom. The molecule has 2 amide bonds. The van der Waals surface area contributed by atoms with Gasteiger partial charge in [0.05, 0.1) is 12.7 Å². The van der Waals surface area contributed by atoms with Crippen molar-refractivity contribution in [3.8, 4) is 16.9 Å². The van der Waals surface area contributed by atoms with Crippen molar-refractivity contribution in [3.05, 3.63) is 83.9 Å². The molecule has 0 heterocycles. The summed E-state index contributed by atoms with van der Waals surface area (Å²) in [5, 5.41) is 5.71. The van der Waals surface area contributed by atoms with Crippen molar-refractivity contribution in [3.63, 3.8) is 0 Å². The highest BCUT2D eigenvalue weighted by Gasteiger charge is 2.14. The molecule has 0 spiro atoms. The Hall–Kier alpha value is -3.64. The van der Waals surface area contributed by atoms with Crippen molar-refractivity contribution in [1.29, 1.82) is 0 Å². The number of benzene rings is 3. The number of nitrogens with one attached hydrogen (secondary N) is 2. The van der Waals surface area contributed by atoms with Crippen LogP contribution in [0.1, 0.15) is 34.1 Å². The molecule has 0 bridgehead atoms. The highest BCUT2D eigenvalue weighted by atomic mass is 16.5. The molecule has 32 heavy (non-hydrogen) atoms. The highest BCUT2D eigenvalue weighted by molar-refractivity contribution is 6.05. The Morgan fingerprint density at radius 1 is 0.875 bits per heavy atom. The third-order valence-electron chi connectivity index (χ3n) is 4.91. The van der Waals surface area contributed by atoms with Crippen LogP contribution in [0.5, 0.6) is 5.75 Å². The lowest BCUT2D eigenvalue weighted by Gasteiger charge is -2.12. The second kappa shape index (κ2) is 11.7. The summed E-state index contributed by atoms with van der Waals surface area (Å²) in [5.74, 6) is -0.0722. The summed E-state index contributed by atoms with van der Waals surface area (Å²) in [6, 6.07) is 22.4. The summed E-state index contributed by atoms with van der Waals surface area (Å²) in [6.07, 6.45) is 0.720. The van der Waals surface area contributed by atoms with Crippen LogP contribution in [0.25, 0.3) is 11.1 Å². The summed E-state index contributed by atoms with van der Waals surface area (Å²) in [7, 11) is 1.51. The number of hydrogen-bond acceptors (Lipinski definition) is 4. The second-order valence-corrected chi connectivity index (χ2v) is 7.12. The van der Waals surface area contributed by atoms with Crippen LogP contribution in [0, 0.1) is 0 Å². The van der Waals surface area contributed by atoms with Crippen LogP contribution in [0.15, 0.2) is 72.8 Å². The number of carbonyl (C=O) groups is 2. The molecule has 0 aliphatic carbocycles. The van der Waals surface area contributed by atoms with Gasteiger partial charge in [-0.25, -0.2) is 0 Å². The lowest BCUT2D eigenvalue weighted by molar-refractivity contribution is 0.0940. The van der Waals surface area contributed by atoms with Gasteiger partial charge in [0.25, 0.3) is 11.8 Å². The van der Waals surface area contributed by atoms with E-state index in [1.165, 1.54) is 7.11 Å². The maximum atomic E-state index is 12.7. The fourth-order valence-electron chi connectivity index (χ4n) is 3.23. The molecule has 2 N–H and O–H groups in total. The molecule has 3 aromatic carbocycles. The molecule has 0 aliphatic heterocycles. The molecular formula is C26H28N2O4. The van der Waals surface area contributed by atoms with E-state index in [-0.39, 0.29) is 11.8 Å². The zero-order valence-corrected chi connectivity index (χ0v) is 18.4. The number of rotatable bonds is 10. The van der Waals surface area contributed by atoms with Crippen LogP contribution in [-0.4, -0.2) is 38.7 Å². The highest BCUT2D eigenvalue weighted by Crippen LogP contribution is 2.24. The SMILES string of the molecule is CCOCCCNC(=O)c1cc(NC(=O)c2ccc(-c3ccccc3)cc2)ccc1OC. The summed E-state index contributed by atoms with van der Waals surface area (Å²) in [4.78, 5) is 25.3. The molecule has 0 fully saturated rings. The van der Waals surface area contributed by atoms with Gasteiger partial charge in [-0.1, -0.05) is 42.5 Å². The van der Waals surface area contributed by atoms with Gasteiger partial charge in [-0.2, -0.15) is 0 Å². The second-order valence-electron chi connectivity index (χ2n) is 7.12. The molecular weight excluding hydrogens is 404 g/mol. The molecule has 0 saturated heterocycles. The largest absolute Gasteiger partial charge is 0.496 e. The quantitative estimate of drug-likeness (QED) is 0.453. The minimum absolute atomic E-state index is 0.252. The summed E-state index contributed by atoms with van der Waals surface area (Å²) >= 11 is 0. The Kier molecular flexibility index (Phi) is 8.40. The van der Waals surface area contributed by atoms with E-state index in [1.54, 1.807) is 30.3 Å². The molecule has 0 atom stereocenters. The van der Waals surface area contributed by atoms with Gasteiger partial charge in [0.15, 0.2) is 0 Å². The van der Waals surface area contributed by atoms with E-state index in [2.05, 4.69) is 10.6 Å². The molecule has 0 radical (unpaired) electrons. The van der Waals surface area contributed by atoms with E-state index in [9.17, 15) is 9.59 Å². The Bertz CT molecular complexity index is 1030. The first-order valence-electron chi connectivity index (χ1n) is 10.6. The Morgan fingerprint density at radius 3 is 2.28 bits per heavy atom. The monoisotopic (exact) mass is 432 g/mol. The molecule has 0 aliphatic rings. The molecule has 0 aromatic heterocycles. The van der Waals surface area contributed by atoms with E-state index < -0.39 is 0 Å². The van der Waals surface area contributed by atoms with Crippen LogP contribution in [-0.2, 0) is 4.74 Å². The fraction of sp³-hybridized carbons (Fsp3) is 0.231. The maximum absolute atomic E-state index is 12.7. The number of anilines is 1. The third-order valence-corrected chi connectivity index (χ3v) is 4.91. The molecule has 6 nitrogen and oxygen atoms in total. The van der Waals surface area contributed by atoms with Gasteiger partial charge in [-0.05, 0) is 54.8 Å². The van der Waals surface area contributed by atoms with Crippen molar-refractivity contribution < 1.29 is 19.1 Å². The average Bonchev–Trinajstić information content (AvgIpc) is 2.84. The first kappa shape index (κ1) is 23.0. The van der Waals surface area contributed by atoms with Gasteiger partial charge in [-0.15, -0.1) is 0 Å². The smallest absolute Gasteiger partial charge is 0.255 e. The van der Waals surface area contributed by atoms with E-state index >= 15 is 0 Å². The number of carbonyl (C=O) groups excluding carboxylic acids is 2. The zero-order chi connectivity index (χ0) is 22.8. The fourth-order valence-corrected chi connectivity index (χ4v) is 3.23. The molecule has 0 unspecified atom stereocenters. The number of ether oxygens (including phenoxy) is 2. The zero-order valence-electron chi connectivity index (χ0n) is 18.4. The van der Waals surface area contributed by atoms with Crippen LogP contribution in [0.3, 0.4) is 0 Å². The minimum Gasteiger partial charge on any atom is -0.496 e. The number of amides is 2. The van der Waals surface area contributed by atoms with E-state index in [0.29, 0.717) is 42.3 Å².